The quantitative estimate of drug-likeness (QED) is 0.724. The van der Waals surface area contributed by atoms with E-state index in [1.807, 2.05) is 0 Å². The number of benzene rings is 1. The predicted molar refractivity (Wildman–Crippen MR) is 68.5 cm³/mol. The average molecular weight is 294 g/mol. The molecule has 0 saturated heterocycles. The fourth-order valence-corrected chi connectivity index (χ4v) is 2.30. The van der Waals surface area contributed by atoms with E-state index in [9.17, 15) is 8.78 Å². The van der Waals surface area contributed by atoms with Crippen LogP contribution in [0.3, 0.4) is 0 Å². The molecule has 9 heteroatoms. The average Bonchev–Trinajstić information content (AvgIpc) is 2.72. The summed E-state index contributed by atoms with van der Waals surface area (Å²) >= 11 is 1.13. The van der Waals surface area contributed by atoms with Crippen LogP contribution < -0.4 is 5.84 Å². The molecule has 0 radical (unpaired) electrons. The molecule has 0 saturated carbocycles. The first-order valence-electron chi connectivity index (χ1n) is 5.51. The molecular weight excluding hydrogens is 286 g/mol. The third-order valence-corrected chi connectivity index (χ3v) is 3.46. The zero-order valence-corrected chi connectivity index (χ0v) is 11.0. The van der Waals surface area contributed by atoms with Gasteiger partial charge in [-0.05, 0) is 18.7 Å². The lowest BCUT2D eigenvalue weighted by Crippen LogP contribution is -2.11. The Morgan fingerprint density at radius 1 is 1.15 bits per heavy atom. The zero-order valence-electron chi connectivity index (χ0n) is 10.2. The molecule has 102 valence electrons. The number of rotatable bonds is 2. The number of halogens is 2. The van der Waals surface area contributed by atoms with Gasteiger partial charge in [0.05, 0.1) is 17.2 Å². The lowest BCUT2D eigenvalue weighted by Gasteiger charge is -2.02. The second-order valence-corrected chi connectivity index (χ2v) is 4.95. The first kappa shape index (κ1) is 12.7. The van der Waals surface area contributed by atoms with Gasteiger partial charge in [-0.2, -0.15) is 0 Å². The Morgan fingerprint density at radius 2 is 1.85 bits per heavy atom. The van der Waals surface area contributed by atoms with Crippen LogP contribution in [0.5, 0.6) is 0 Å². The van der Waals surface area contributed by atoms with Gasteiger partial charge in [0, 0.05) is 12.1 Å². The molecule has 1 aromatic carbocycles. The minimum atomic E-state index is -0.966. The summed E-state index contributed by atoms with van der Waals surface area (Å²) in [6, 6.07) is 2.00. The van der Waals surface area contributed by atoms with Crippen molar-refractivity contribution in [2.24, 2.45) is 0 Å². The van der Waals surface area contributed by atoms with E-state index in [0.717, 1.165) is 23.9 Å². The molecule has 0 aliphatic rings. The molecule has 3 rings (SSSR count). The van der Waals surface area contributed by atoms with Crippen LogP contribution in [-0.2, 0) is 0 Å². The minimum Gasteiger partial charge on any atom is -0.336 e. The highest BCUT2D eigenvalue weighted by Gasteiger charge is 2.11. The second-order valence-electron chi connectivity index (χ2n) is 3.97. The zero-order chi connectivity index (χ0) is 14.3. The van der Waals surface area contributed by atoms with Gasteiger partial charge in [0.15, 0.2) is 11.6 Å². The van der Waals surface area contributed by atoms with Crippen LogP contribution in [0.1, 0.15) is 5.82 Å². The molecule has 20 heavy (non-hydrogen) atoms. The largest absolute Gasteiger partial charge is 0.336 e. The van der Waals surface area contributed by atoms with E-state index >= 15 is 0 Å². The Bertz CT molecular complexity index is 803. The maximum atomic E-state index is 13.2. The van der Waals surface area contributed by atoms with Crippen molar-refractivity contribution in [2.75, 3.05) is 5.84 Å². The van der Waals surface area contributed by atoms with Crippen molar-refractivity contribution in [2.45, 2.75) is 17.1 Å². The molecule has 6 nitrogen and oxygen atoms in total. The SMILES string of the molecule is Cc1nnc(Sc2cnc3cc(F)c(F)cc3n2)n1N. The molecule has 2 aromatic heterocycles. The van der Waals surface area contributed by atoms with Crippen LogP contribution in [-0.4, -0.2) is 24.8 Å². The summed E-state index contributed by atoms with van der Waals surface area (Å²) in [5, 5.41) is 8.57. The summed E-state index contributed by atoms with van der Waals surface area (Å²) < 4.78 is 27.6. The number of nitrogens with zero attached hydrogens (tertiary/aromatic N) is 5. The Balaban J connectivity index is 2.00. The van der Waals surface area contributed by atoms with Crippen molar-refractivity contribution in [1.82, 2.24) is 24.8 Å². The van der Waals surface area contributed by atoms with E-state index in [0.29, 0.717) is 16.0 Å². The summed E-state index contributed by atoms with van der Waals surface area (Å²) in [5.74, 6) is 4.35. The summed E-state index contributed by atoms with van der Waals surface area (Å²) in [4.78, 5) is 8.21. The van der Waals surface area contributed by atoms with Gasteiger partial charge in [-0.25, -0.2) is 18.4 Å². The van der Waals surface area contributed by atoms with E-state index in [1.165, 1.54) is 10.9 Å². The van der Waals surface area contributed by atoms with Gasteiger partial charge in [0.1, 0.15) is 10.9 Å². The summed E-state index contributed by atoms with van der Waals surface area (Å²) in [7, 11) is 0. The lowest BCUT2D eigenvalue weighted by atomic mass is 10.3. The highest BCUT2D eigenvalue weighted by Crippen LogP contribution is 2.25. The molecule has 2 N–H and O–H groups in total. The topological polar surface area (TPSA) is 82.5 Å². The van der Waals surface area contributed by atoms with Gasteiger partial charge in [-0.3, -0.25) is 4.98 Å². The highest BCUT2D eigenvalue weighted by atomic mass is 32.2. The van der Waals surface area contributed by atoms with Crippen molar-refractivity contribution < 1.29 is 8.78 Å². The Kier molecular flexibility index (Phi) is 2.97. The van der Waals surface area contributed by atoms with Crippen LogP contribution in [0.4, 0.5) is 8.78 Å². The van der Waals surface area contributed by atoms with Crippen molar-refractivity contribution in [3.8, 4) is 0 Å². The van der Waals surface area contributed by atoms with Crippen LogP contribution in [0.25, 0.3) is 11.0 Å². The fourth-order valence-electron chi connectivity index (χ4n) is 1.55. The molecule has 0 unspecified atom stereocenters. The standard InChI is InChI=1S/C11H8F2N6S/c1-5-17-18-11(19(5)14)20-10-4-15-8-2-6(12)7(13)3-9(8)16-10/h2-4H,14H2,1H3. The normalized spacial score (nSPS) is 11.2. The fraction of sp³-hybridized carbons (Fsp3) is 0.0909. The minimum absolute atomic E-state index is 0.258. The monoisotopic (exact) mass is 294 g/mol. The van der Waals surface area contributed by atoms with Gasteiger partial charge >= 0.3 is 0 Å². The maximum absolute atomic E-state index is 13.2. The molecule has 0 spiro atoms. The van der Waals surface area contributed by atoms with Crippen molar-refractivity contribution in [1.29, 1.82) is 0 Å². The van der Waals surface area contributed by atoms with E-state index < -0.39 is 11.6 Å². The van der Waals surface area contributed by atoms with Gasteiger partial charge in [-0.15, -0.1) is 10.2 Å². The number of aromatic nitrogens is 5. The molecule has 3 aromatic rings. The summed E-state index contributed by atoms with van der Waals surface area (Å²) in [6.07, 6.45) is 1.44. The Hall–Kier alpha value is -2.29. The molecule has 0 fully saturated rings. The summed E-state index contributed by atoms with van der Waals surface area (Å²) in [5.41, 5.74) is 0.535. The van der Waals surface area contributed by atoms with Gasteiger partial charge in [-0.1, -0.05) is 0 Å². The number of nitrogens with two attached hydrogens (primary N) is 1. The molecule has 0 bridgehead atoms. The maximum Gasteiger partial charge on any atom is 0.216 e. The summed E-state index contributed by atoms with van der Waals surface area (Å²) in [6.45, 7) is 1.71. The Labute approximate surface area is 116 Å². The van der Waals surface area contributed by atoms with Crippen molar-refractivity contribution >= 4 is 22.8 Å². The van der Waals surface area contributed by atoms with Crippen LogP contribution in [0, 0.1) is 18.6 Å². The first-order valence-corrected chi connectivity index (χ1v) is 6.33. The molecule has 2 heterocycles. The first-order chi connectivity index (χ1) is 9.54. The lowest BCUT2D eigenvalue weighted by molar-refractivity contribution is 0.510. The van der Waals surface area contributed by atoms with Crippen LogP contribution >= 0.6 is 11.8 Å². The van der Waals surface area contributed by atoms with Gasteiger partial charge in [0.2, 0.25) is 5.16 Å². The van der Waals surface area contributed by atoms with E-state index in [-0.39, 0.29) is 11.0 Å². The molecule has 0 atom stereocenters. The number of fused-ring (bicyclic) bond motifs is 1. The van der Waals surface area contributed by atoms with Crippen LogP contribution in [0.2, 0.25) is 0 Å². The molecule has 0 aliphatic carbocycles. The van der Waals surface area contributed by atoms with Gasteiger partial charge < -0.3 is 5.84 Å². The van der Waals surface area contributed by atoms with E-state index in [2.05, 4.69) is 20.2 Å². The predicted octanol–water partition coefficient (Wildman–Crippen LogP) is 1.67. The van der Waals surface area contributed by atoms with Gasteiger partial charge in [0.25, 0.3) is 0 Å². The molecular formula is C11H8F2N6S. The van der Waals surface area contributed by atoms with Crippen LogP contribution in [0.15, 0.2) is 28.5 Å². The number of hydrogen-bond acceptors (Lipinski definition) is 6. The Morgan fingerprint density at radius 3 is 2.50 bits per heavy atom. The van der Waals surface area contributed by atoms with Crippen molar-refractivity contribution in [3.05, 3.63) is 35.8 Å². The van der Waals surface area contributed by atoms with E-state index in [1.54, 1.807) is 6.92 Å². The van der Waals surface area contributed by atoms with Crippen molar-refractivity contribution in [3.63, 3.8) is 0 Å². The smallest absolute Gasteiger partial charge is 0.216 e. The number of aryl methyl sites for hydroxylation is 1. The number of hydrogen-bond donors (Lipinski definition) is 1. The third-order valence-electron chi connectivity index (χ3n) is 2.59. The number of nitrogen functional groups attached to an aromatic ring is 1. The third kappa shape index (κ3) is 2.16. The van der Waals surface area contributed by atoms with E-state index in [4.69, 9.17) is 5.84 Å². The highest BCUT2D eigenvalue weighted by molar-refractivity contribution is 7.99. The molecule has 0 aliphatic heterocycles. The second kappa shape index (κ2) is 4.67. The molecule has 0 amide bonds.